The van der Waals surface area contributed by atoms with E-state index in [1.807, 2.05) is 45.0 Å². The minimum absolute atomic E-state index is 0.435. The molecule has 1 fully saturated rings. The fourth-order valence-electron chi connectivity index (χ4n) is 5.44. The van der Waals surface area contributed by atoms with Crippen LogP contribution in [-0.4, -0.2) is 50.4 Å². The van der Waals surface area contributed by atoms with Crippen LogP contribution in [0, 0.1) is 0 Å². The Morgan fingerprint density at radius 1 is 0.897 bits per heavy atom. The number of nitrogens with zero attached hydrogens (tertiary/aromatic N) is 3. The number of aromatic nitrogens is 2. The first-order valence-electron chi connectivity index (χ1n) is 13.4. The van der Waals surface area contributed by atoms with E-state index in [2.05, 4.69) is 82.7 Å². The van der Waals surface area contributed by atoms with Crippen LogP contribution in [0.5, 0.6) is 0 Å². The molecule has 1 aliphatic rings. The lowest BCUT2D eigenvalue weighted by molar-refractivity contribution is 0.0535. The number of hydrogen-bond donors (Lipinski definition) is 1. The van der Waals surface area contributed by atoms with Gasteiger partial charge in [0, 0.05) is 25.5 Å². The quantitative estimate of drug-likeness (QED) is 0.321. The first-order valence-corrected chi connectivity index (χ1v) is 13.4. The van der Waals surface area contributed by atoms with E-state index in [4.69, 9.17) is 4.74 Å². The van der Waals surface area contributed by atoms with Gasteiger partial charge in [0.2, 0.25) is 0 Å². The van der Waals surface area contributed by atoms with E-state index in [1.165, 1.54) is 4.57 Å². The fourth-order valence-corrected chi connectivity index (χ4v) is 5.44. The van der Waals surface area contributed by atoms with E-state index in [0.717, 1.165) is 22.3 Å². The minimum Gasteiger partial charge on any atom is -0.443 e. The molecule has 1 unspecified atom stereocenters. The van der Waals surface area contributed by atoms with Crippen LogP contribution >= 0.6 is 0 Å². The molecule has 1 aromatic heterocycles. The molecule has 0 saturated carbocycles. The van der Waals surface area contributed by atoms with E-state index in [9.17, 15) is 9.90 Å². The predicted molar refractivity (Wildman–Crippen MR) is 153 cm³/mol. The molecule has 5 rings (SSSR count). The molecule has 2 heterocycles. The van der Waals surface area contributed by atoms with Gasteiger partial charge in [0.15, 0.2) is 0 Å². The Bertz CT molecular complexity index is 1330. The monoisotopic (exact) mass is 521 g/mol. The second-order valence-electron chi connectivity index (χ2n) is 10.9. The Morgan fingerprint density at radius 2 is 1.41 bits per heavy atom. The van der Waals surface area contributed by atoms with Crippen molar-refractivity contribution in [3.8, 4) is 0 Å². The van der Waals surface area contributed by atoms with E-state index in [-0.39, 0.29) is 0 Å². The minimum atomic E-state index is -0.648. The van der Waals surface area contributed by atoms with Gasteiger partial charge in [0.05, 0.1) is 11.6 Å². The van der Waals surface area contributed by atoms with Gasteiger partial charge in [-0.25, -0.2) is 14.3 Å². The lowest BCUT2D eigenvalue weighted by Gasteiger charge is -2.48. The zero-order chi connectivity index (χ0) is 27.5. The summed E-state index contributed by atoms with van der Waals surface area (Å²) >= 11 is 0. The van der Waals surface area contributed by atoms with Crippen LogP contribution in [0.3, 0.4) is 0 Å². The predicted octanol–water partition coefficient (Wildman–Crippen LogP) is 6.11. The lowest BCUT2D eigenvalue weighted by atomic mass is 9.74. The average molecular weight is 522 g/mol. The number of piperidine rings is 1. The van der Waals surface area contributed by atoms with Crippen LogP contribution in [0.1, 0.15) is 49.7 Å². The normalized spacial score (nSPS) is 17.7. The molecule has 6 nitrogen and oxygen atoms in total. The van der Waals surface area contributed by atoms with E-state index in [1.54, 1.807) is 12.4 Å². The van der Waals surface area contributed by atoms with Crippen molar-refractivity contribution in [2.75, 3.05) is 13.1 Å². The van der Waals surface area contributed by atoms with Crippen LogP contribution in [0.2, 0.25) is 0 Å². The van der Waals surface area contributed by atoms with Gasteiger partial charge < -0.3 is 9.84 Å². The average Bonchev–Trinajstić information content (AvgIpc) is 3.40. The summed E-state index contributed by atoms with van der Waals surface area (Å²) in [7, 11) is 0. The number of rotatable bonds is 5. The molecule has 0 aliphatic carbocycles. The number of likely N-dealkylation sites (tertiary alicyclic amines) is 1. The van der Waals surface area contributed by atoms with E-state index in [0.29, 0.717) is 25.3 Å². The van der Waals surface area contributed by atoms with Gasteiger partial charge in [-0.15, -0.1) is 0 Å². The van der Waals surface area contributed by atoms with E-state index < -0.39 is 23.3 Å². The van der Waals surface area contributed by atoms with Gasteiger partial charge in [-0.05, 0) is 55.5 Å². The topological polar surface area (TPSA) is 67.6 Å². The van der Waals surface area contributed by atoms with Gasteiger partial charge in [-0.3, -0.25) is 4.90 Å². The summed E-state index contributed by atoms with van der Waals surface area (Å²) < 4.78 is 6.96. The standard InChI is InChI=1S/C33H35N3O3/c1-32(2,3)39-31(38)36-22-20-34-30(36)23-25-24-35(21-19-29(25)37)33(26-13-7-4-8-14-26,27-15-9-5-10-16-27)28-17-11-6-12-18-28/h4-18,20,22-23,29,37H,19,21,24H2,1-3H3/b25-23-. The number of ether oxygens (including phenoxy) is 1. The molecule has 200 valence electrons. The van der Waals surface area contributed by atoms with Crippen molar-refractivity contribution >= 4 is 12.2 Å². The Balaban J connectivity index is 1.62. The van der Waals surface area contributed by atoms with Gasteiger partial charge in [-0.2, -0.15) is 0 Å². The zero-order valence-electron chi connectivity index (χ0n) is 22.7. The summed E-state index contributed by atoms with van der Waals surface area (Å²) in [5.41, 5.74) is 3.01. The van der Waals surface area contributed by atoms with Crippen LogP contribution in [-0.2, 0) is 10.3 Å². The molecule has 1 aliphatic heterocycles. The van der Waals surface area contributed by atoms with Crippen molar-refractivity contribution in [1.29, 1.82) is 0 Å². The molecule has 0 radical (unpaired) electrons. The summed E-state index contributed by atoms with van der Waals surface area (Å²) in [5, 5.41) is 11.1. The van der Waals surface area contributed by atoms with Gasteiger partial charge >= 0.3 is 6.09 Å². The van der Waals surface area contributed by atoms with Crippen LogP contribution in [0.15, 0.2) is 109 Å². The number of aliphatic hydroxyl groups excluding tert-OH is 1. The second kappa shape index (κ2) is 11.0. The molecule has 3 aromatic carbocycles. The highest BCUT2D eigenvalue weighted by atomic mass is 16.6. The Kier molecular flexibility index (Phi) is 7.51. The molecule has 1 N–H and O–H groups in total. The van der Waals surface area contributed by atoms with E-state index >= 15 is 0 Å². The highest BCUT2D eigenvalue weighted by Crippen LogP contribution is 2.44. The number of benzene rings is 3. The molecule has 0 spiro atoms. The van der Waals surface area contributed by atoms with Crippen molar-refractivity contribution in [2.45, 2.75) is 44.4 Å². The summed E-state index contributed by atoms with van der Waals surface area (Å²) in [6.07, 6.45) is 4.40. The molecule has 6 heteroatoms. The Morgan fingerprint density at radius 3 is 1.90 bits per heavy atom. The lowest BCUT2D eigenvalue weighted by Crippen LogP contribution is -2.52. The Hall–Kier alpha value is -4.00. The molecule has 4 aromatic rings. The molecule has 0 amide bonds. The molecular formula is C33H35N3O3. The highest BCUT2D eigenvalue weighted by molar-refractivity contribution is 5.74. The molecule has 39 heavy (non-hydrogen) atoms. The summed E-state index contributed by atoms with van der Waals surface area (Å²) in [6.45, 7) is 6.66. The van der Waals surface area contributed by atoms with Gasteiger partial charge in [0.1, 0.15) is 11.4 Å². The third-order valence-corrected chi connectivity index (χ3v) is 7.10. The fraction of sp³-hybridized carbons (Fsp3) is 0.273. The smallest absolute Gasteiger partial charge is 0.420 e. The molecule has 1 saturated heterocycles. The summed E-state index contributed by atoms with van der Waals surface area (Å²) in [6, 6.07) is 31.6. The van der Waals surface area contributed by atoms with Crippen LogP contribution < -0.4 is 0 Å². The first kappa shape index (κ1) is 26.6. The van der Waals surface area contributed by atoms with Crippen LogP contribution in [0.4, 0.5) is 4.79 Å². The number of carbonyl (C=O) groups is 1. The highest BCUT2D eigenvalue weighted by Gasteiger charge is 2.44. The largest absolute Gasteiger partial charge is 0.443 e. The van der Waals surface area contributed by atoms with Crippen molar-refractivity contribution in [1.82, 2.24) is 14.5 Å². The maximum atomic E-state index is 12.8. The van der Waals surface area contributed by atoms with Crippen molar-refractivity contribution in [3.05, 3.63) is 131 Å². The third-order valence-electron chi connectivity index (χ3n) is 7.10. The second-order valence-corrected chi connectivity index (χ2v) is 10.9. The molecular weight excluding hydrogens is 486 g/mol. The number of hydrogen-bond acceptors (Lipinski definition) is 5. The maximum Gasteiger partial charge on any atom is 0.420 e. The number of aliphatic hydroxyl groups is 1. The van der Waals surface area contributed by atoms with Crippen LogP contribution in [0.25, 0.3) is 6.08 Å². The summed E-state index contributed by atoms with van der Waals surface area (Å²) in [5.74, 6) is 0.435. The number of carbonyl (C=O) groups excluding carboxylic acids is 1. The first-order chi connectivity index (χ1) is 18.8. The molecule has 1 atom stereocenters. The Labute approximate surface area is 230 Å². The number of imidazole rings is 1. The SMILES string of the molecule is CC(C)(C)OC(=O)n1ccnc1/C=C1/CN(C(c2ccccc2)(c2ccccc2)c2ccccc2)CCC1O. The summed E-state index contributed by atoms with van der Waals surface area (Å²) in [4.78, 5) is 19.7. The zero-order valence-corrected chi connectivity index (χ0v) is 22.7. The van der Waals surface area contributed by atoms with Crippen molar-refractivity contribution in [3.63, 3.8) is 0 Å². The maximum absolute atomic E-state index is 12.8. The van der Waals surface area contributed by atoms with Crippen molar-refractivity contribution in [2.24, 2.45) is 0 Å². The van der Waals surface area contributed by atoms with Crippen molar-refractivity contribution < 1.29 is 14.6 Å². The molecule has 0 bridgehead atoms. The van der Waals surface area contributed by atoms with Gasteiger partial charge in [0.25, 0.3) is 0 Å². The third kappa shape index (κ3) is 5.44. The van der Waals surface area contributed by atoms with Gasteiger partial charge in [-0.1, -0.05) is 91.0 Å².